The van der Waals surface area contributed by atoms with Crippen LogP contribution in [-0.2, 0) is 14.3 Å². The number of esters is 1. The van der Waals surface area contributed by atoms with E-state index >= 15 is 0 Å². The van der Waals surface area contributed by atoms with Gasteiger partial charge in [-0.2, -0.15) is 0 Å². The van der Waals surface area contributed by atoms with Crippen LogP contribution in [0.5, 0.6) is 11.5 Å². The van der Waals surface area contributed by atoms with Crippen molar-refractivity contribution in [3.63, 3.8) is 0 Å². The minimum absolute atomic E-state index is 0.181. The summed E-state index contributed by atoms with van der Waals surface area (Å²) in [5.41, 5.74) is 1.93. The highest BCUT2D eigenvalue weighted by atomic mass is 79.9. The number of hydrogen-bond acceptors (Lipinski definition) is 8. The molecule has 2 aromatic carbocycles. The van der Waals surface area contributed by atoms with Gasteiger partial charge >= 0.3 is 11.9 Å². The number of nitrogens with zero attached hydrogens (tertiary/aromatic N) is 2. The predicted molar refractivity (Wildman–Crippen MR) is 150 cm³/mol. The first-order chi connectivity index (χ1) is 18.8. The highest BCUT2D eigenvalue weighted by molar-refractivity contribution is 9.10. The molecule has 1 atom stereocenters. The van der Waals surface area contributed by atoms with Crippen molar-refractivity contribution in [2.75, 3.05) is 20.3 Å². The zero-order valence-corrected chi connectivity index (χ0v) is 24.0. The number of carboxylic acids is 1. The van der Waals surface area contributed by atoms with E-state index in [0.29, 0.717) is 44.1 Å². The summed E-state index contributed by atoms with van der Waals surface area (Å²) < 4.78 is 19.0. The lowest BCUT2D eigenvalue weighted by Crippen LogP contribution is -2.40. The number of thiazole rings is 1. The first-order valence-electron chi connectivity index (χ1n) is 12.3. The van der Waals surface area contributed by atoms with Gasteiger partial charge in [0.2, 0.25) is 0 Å². The largest absolute Gasteiger partial charge is 0.496 e. The lowest BCUT2D eigenvalue weighted by Gasteiger charge is -2.27. The van der Waals surface area contributed by atoms with E-state index in [-0.39, 0.29) is 12.2 Å². The van der Waals surface area contributed by atoms with Crippen molar-refractivity contribution in [1.29, 1.82) is 0 Å². The Balaban J connectivity index is 1.92. The predicted octanol–water partition coefficient (Wildman–Crippen LogP) is 3.81. The Kier molecular flexibility index (Phi) is 9.03. The van der Waals surface area contributed by atoms with Gasteiger partial charge in [-0.1, -0.05) is 52.7 Å². The van der Waals surface area contributed by atoms with Gasteiger partial charge in [0.05, 0.1) is 29.5 Å². The van der Waals surface area contributed by atoms with E-state index in [1.54, 1.807) is 50.4 Å². The van der Waals surface area contributed by atoms with E-state index < -0.39 is 24.6 Å². The summed E-state index contributed by atoms with van der Waals surface area (Å²) in [7, 11) is 1.54. The number of carboxylic acid groups (broad SMARTS) is 1. The molecule has 9 nitrogen and oxygen atoms in total. The average Bonchev–Trinajstić information content (AvgIpc) is 3.22. The first kappa shape index (κ1) is 28.3. The van der Waals surface area contributed by atoms with Crippen molar-refractivity contribution < 1.29 is 28.9 Å². The van der Waals surface area contributed by atoms with Gasteiger partial charge in [-0.05, 0) is 55.3 Å². The first-order valence-corrected chi connectivity index (χ1v) is 13.9. The van der Waals surface area contributed by atoms with Crippen LogP contribution in [0.1, 0.15) is 43.9 Å². The van der Waals surface area contributed by atoms with Crippen LogP contribution in [0.4, 0.5) is 0 Å². The smallest absolute Gasteiger partial charge is 0.341 e. The van der Waals surface area contributed by atoms with Crippen molar-refractivity contribution in [3.8, 4) is 11.5 Å². The Labute approximate surface area is 236 Å². The van der Waals surface area contributed by atoms with E-state index in [0.717, 1.165) is 16.5 Å². The number of rotatable bonds is 10. The molecule has 0 radical (unpaired) electrons. The molecule has 1 N–H and O–H groups in total. The Morgan fingerprint density at radius 1 is 1.18 bits per heavy atom. The standard InChI is InChI=1S/C28H27BrN2O7S/c1-4-6-20-24(27(35)37-5-2)25(19-14-17(29)9-12-21(19)36-3)31-26(34)22(39-28(31)30-20)13-16-7-10-18(11-8-16)38-15-23(32)33/h7-14,25H,4-6,15H2,1-3H3,(H,32,33)/b22-13+/t25-/m1/s1. The molecule has 11 heteroatoms. The number of allylic oxidation sites excluding steroid dienone is 1. The van der Waals surface area contributed by atoms with Gasteiger partial charge in [0.1, 0.15) is 17.5 Å². The fraction of sp³-hybridized carbons (Fsp3) is 0.286. The summed E-state index contributed by atoms with van der Waals surface area (Å²) in [5.74, 6) is -0.667. The molecule has 0 unspecified atom stereocenters. The Morgan fingerprint density at radius 2 is 1.92 bits per heavy atom. The van der Waals surface area contributed by atoms with Crippen molar-refractivity contribution in [2.45, 2.75) is 32.7 Å². The third-order valence-electron chi connectivity index (χ3n) is 5.92. The Bertz CT molecular complexity index is 1610. The number of fused-ring (bicyclic) bond motifs is 1. The lowest BCUT2D eigenvalue weighted by molar-refractivity contribution is -0.140. The average molecular weight is 616 g/mol. The maximum absolute atomic E-state index is 13.9. The van der Waals surface area contributed by atoms with Crippen molar-refractivity contribution in [3.05, 3.63) is 89.0 Å². The molecular formula is C28H27BrN2O7S. The van der Waals surface area contributed by atoms with Crippen LogP contribution in [-0.4, -0.2) is 41.9 Å². The lowest BCUT2D eigenvalue weighted by atomic mass is 9.93. The number of carbonyl (C=O) groups is 2. The monoisotopic (exact) mass is 614 g/mol. The van der Waals surface area contributed by atoms with E-state index in [2.05, 4.69) is 15.9 Å². The van der Waals surface area contributed by atoms with Crippen LogP contribution < -0.4 is 24.4 Å². The molecule has 1 aliphatic heterocycles. The number of methoxy groups -OCH3 is 1. The summed E-state index contributed by atoms with van der Waals surface area (Å²) in [6.07, 6.45) is 3.01. The molecule has 2 heterocycles. The summed E-state index contributed by atoms with van der Waals surface area (Å²) in [5, 5.41) is 8.80. The summed E-state index contributed by atoms with van der Waals surface area (Å²) in [6.45, 7) is 3.47. The summed E-state index contributed by atoms with van der Waals surface area (Å²) in [6, 6.07) is 11.4. The van der Waals surface area contributed by atoms with Gasteiger partial charge in [-0.25, -0.2) is 14.6 Å². The third-order valence-corrected chi connectivity index (χ3v) is 7.39. The van der Waals surface area contributed by atoms with Gasteiger partial charge in [0.15, 0.2) is 11.4 Å². The highest BCUT2D eigenvalue weighted by Gasteiger charge is 2.36. The molecule has 0 aliphatic carbocycles. The molecule has 1 aliphatic rings. The number of aliphatic carboxylic acids is 1. The fourth-order valence-electron chi connectivity index (χ4n) is 4.29. The quantitative estimate of drug-likeness (QED) is 0.345. The van der Waals surface area contributed by atoms with Crippen molar-refractivity contribution >= 4 is 45.3 Å². The van der Waals surface area contributed by atoms with Crippen LogP contribution >= 0.6 is 27.3 Å². The fourth-order valence-corrected chi connectivity index (χ4v) is 5.69. The minimum atomic E-state index is -1.07. The van der Waals surface area contributed by atoms with Crippen LogP contribution in [0, 0.1) is 0 Å². The molecule has 0 bridgehead atoms. The Morgan fingerprint density at radius 3 is 2.56 bits per heavy atom. The maximum Gasteiger partial charge on any atom is 0.341 e. The highest BCUT2D eigenvalue weighted by Crippen LogP contribution is 2.38. The SMILES string of the molecule is CCCC1=C(C(=O)OCC)[C@@H](c2cc(Br)ccc2OC)n2c(s/c(=C/c3ccc(OCC(=O)O)cc3)c2=O)=N1. The number of ether oxygens (including phenoxy) is 3. The number of benzene rings is 2. The molecule has 0 fully saturated rings. The van der Waals surface area contributed by atoms with Crippen molar-refractivity contribution in [1.82, 2.24) is 4.57 Å². The van der Waals surface area contributed by atoms with E-state index in [9.17, 15) is 14.4 Å². The minimum Gasteiger partial charge on any atom is -0.496 e. The van der Waals surface area contributed by atoms with Gasteiger partial charge in [-0.15, -0.1) is 0 Å². The molecule has 3 aromatic rings. The van der Waals surface area contributed by atoms with Crippen LogP contribution in [0.25, 0.3) is 6.08 Å². The van der Waals surface area contributed by atoms with E-state index in [1.807, 2.05) is 19.1 Å². The summed E-state index contributed by atoms with van der Waals surface area (Å²) in [4.78, 5) is 43.2. The maximum atomic E-state index is 13.9. The molecule has 0 saturated carbocycles. The van der Waals surface area contributed by atoms with Crippen LogP contribution in [0.2, 0.25) is 0 Å². The number of carbonyl (C=O) groups excluding carboxylic acids is 1. The zero-order chi connectivity index (χ0) is 28.1. The number of halogens is 1. The molecule has 0 amide bonds. The van der Waals surface area contributed by atoms with E-state index in [1.165, 1.54) is 15.9 Å². The topological polar surface area (TPSA) is 116 Å². The molecule has 0 saturated heterocycles. The molecule has 204 valence electrons. The van der Waals surface area contributed by atoms with Gasteiger partial charge < -0.3 is 19.3 Å². The second-order valence-electron chi connectivity index (χ2n) is 8.55. The van der Waals surface area contributed by atoms with E-state index in [4.69, 9.17) is 24.3 Å². The number of aromatic nitrogens is 1. The molecule has 4 rings (SSSR count). The normalized spacial score (nSPS) is 15.0. The van der Waals surface area contributed by atoms with Crippen molar-refractivity contribution in [2.24, 2.45) is 4.99 Å². The van der Waals surface area contributed by atoms with Crippen LogP contribution in [0.15, 0.2) is 68.0 Å². The van der Waals surface area contributed by atoms with Crippen LogP contribution in [0.3, 0.4) is 0 Å². The van der Waals surface area contributed by atoms with Gasteiger partial charge in [0.25, 0.3) is 5.56 Å². The molecule has 1 aromatic heterocycles. The second-order valence-corrected chi connectivity index (χ2v) is 10.5. The van der Waals surface area contributed by atoms with Gasteiger partial charge in [-0.3, -0.25) is 9.36 Å². The second kappa shape index (κ2) is 12.4. The summed E-state index contributed by atoms with van der Waals surface area (Å²) >= 11 is 4.74. The molecule has 0 spiro atoms. The Hall–Kier alpha value is -3.70. The molecule has 39 heavy (non-hydrogen) atoms. The molecular weight excluding hydrogens is 588 g/mol. The van der Waals surface area contributed by atoms with Gasteiger partial charge in [0, 0.05) is 10.0 Å². The number of hydrogen-bond donors (Lipinski definition) is 1. The third kappa shape index (κ3) is 6.15. The zero-order valence-electron chi connectivity index (χ0n) is 21.6.